The molecule has 0 unspecified atom stereocenters. The van der Waals surface area contributed by atoms with Crippen molar-refractivity contribution in [3.63, 3.8) is 0 Å². The third kappa shape index (κ3) is 15.5. The molecule has 0 atom stereocenters. The van der Waals surface area contributed by atoms with Gasteiger partial charge in [0.05, 0.1) is 0 Å². The molecule has 206 valence electrons. The highest BCUT2D eigenvalue weighted by atomic mass is 31.1. The van der Waals surface area contributed by atoms with Crippen molar-refractivity contribution in [2.75, 3.05) is 0 Å². The van der Waals surface area contributed by atoms with Crippen LogP contribution in [0.4, 0.5) is 0 Å². The minimum absolute atomic E-state index is 0.0732. The van der Waals surface area contributed by atoms with Crippen LogP contribution in [0, 0.1) is 0 Å². The second-order valence-corrected chi connectivity index (χ2v) is 17.6. The summed E-state index contributed by atoms with van der Waals surface area (Å²) in [5.41, 5.74) is 0. The van der Waals surface area contributed by atoms with Gasteiger partial charge >= 0.3 is 0 Å². The zero-order valence-electron chi connectivity index (χ0n) is 25.8. The summed E-state index contributed by atoms with van der Waals surface area (Å²) < 4.78 is 0. The van der Waals surface area contributed by atoms with Crippen LogP contribution < -0.4 is 0 Å². The van der Waals surface area contributed by atoms with Crippen LogP contribution in [-0.2, 0) is 0 Å². The van der Waals surface area contributed by atoms with Crippen LogP contribution in [0.1, 0.15) is 197 Å². The Hall–Kier alpha value is 0.430. The van der Waals surface area contributed by atoms with Gasteiger partial charge in [0, 0.05) is 0 Å². The van der Waals surface area contributed by atoms with Crippen LogP contribution in [0.2, 0.25) is 0 Å². The first kappa shape index (κ1) is 34.4. The Labute approximate surface area is 220 Å². The molecule has 0 aromatic rings. The molecule has 0 saturated carbocycles. The summed E-state index contributed by atoms with van der Waals surface area (Å²) in [6.07, 6.45) is 30.0. The lowest BCUT2D eigenvalue weighted by Crippen LogP contribution is -2.40. The van der Waals surface area contributed by atoms with Gasteiger partial charge in [-0.2, -0.15) is 0 Å². The van der Waals surface area contributed by atoms with Gasteiger partial charge in [0.2, 0.25) is 0 Å². The van der Waals surface area contributed by atoms with Crippen LogP contribution in [0.3, 0.4) is 0 Å². The second kappa shape index (κ2) is 19.5. The molecular formula is C33H69P. The van der Waals surface area contributed by atoms with Gasteiger partial charge in [-0.3, -0.25) is 0 Å². The Morgan fingerprint density at radius 1 is 0.324 bits per heavy atom. The van der Waals surface area contributed by atoms with E-state index >= 15 is 0 Å². The summed E-state index contributed by atoms with van der Waals surface area (Å²) in [4.78, 5) is 0. The predicted molar refractivity (Wildman–Crippen MR) is 163 cm³/mol. The van der Waals surface area contributed by atoms with Gasteiger partial charge in [0.15, 0.2) is 0 Å². The van der Waals surface area contributed by atoms with E-state index in [0.29, 0.717) is 15.5 Å². The fourth-order valence-corrected chi connectivity index (χ4v) is 12.9. The van der Waals surface area contributed by atoms with Gasteiger partial charge in [0.1, 0.15) is 0 Å². The Morgan fingerprint density at radius 2 is 0.529 bits per heavy atom. The maximum atomic E-state index is 2.66. The van der Waals surface area contributed by atoms with Gasteiger partial charge in [-0.15, -0.1) is 0 Å². The highest BCUT2D eigenvalue weighted by Crippen LogP contribution is 2.71. The molecule has 0 rings (SSSR count). The van der Waals surface area contributed by atoms with E-state index in [1.54, 1.807) is 0 Å². The van der Waals surface area contributed by atoms with Gasteiger partial charge in [-0.05, 0) is 34.7 Å². The van der Waals surface area contributed by atoms with Gasteiger partial charge < -0.3 is 0 Å². The summed E-state index contributed by atoms with van der Waals surface area (Å²) in [6.45, 7) is 23.0. The molecule has 0 amide bonds. The smallest absolute Gasteiger partial charge is 0.0141 e. The second-order valence-electron chi connectivity index (χ2n) is 13.3. The van der Waals surface area contributed by atoms with Gasteiger partial charge in [0.25, 0.3) is 0 Å². The van der Waals surface area contributed by atoms with Crippen LogP contribution in [0.5, 0.6) is 0 Å². The SMILES string of the molecule is CCCCCCCCC(C)(C)P(C(C)(C)CCCCCCCC)C(C)(C)CCCCCCCC. The van der Waals surface area contributed by atoms with Crippen molar-refractivity contribution in [1.29, 1.82) is 0 Å². The van der Waals surface area contributed by atoms with Crippen molar-refractivity contribution in [3.8, 4) is 0 Å². The summed E-state index contributed by atoms with van der Waals surface area (Å²) in [5.74, 6) is 0. The van der Waals surface area contributed by atoms with Crippen molar-refractivity contribution < 1.29 is 0 Å². The minimum Gasteiger partial charge on any atom is -0.0893 e. The molecule has 0 aromatic heterocycles. The summed E-state index contributed by atoms with van der Waals surface area (Å²) >= 11 is 0. The summed E-state index contributed by atoms with van der Waals surface area (Å²) in [7, 11) is -0.0732. The lowest BCUT2D eigenvalue weighted by atomic mass is 10.0. The predicted octanol–water partition coefficient (Wildman–Crippen LogP) is 13.1. The van der Waals surface area contributed by atoms with E-state index in [4.69, 9.17) is 0 Å². The molecule has 0 saturated heterocycles. The van der Waals surface area contributed by atoms with E-state index < -0.39 is 0 Å². The van der Waals surface area contributed by atoms with Crippen LogP contribution in [-0.4, -0.2) is 15.5 Å². The molecule has 0 aromatic carbocycles. The molecule has 34 heavy (non-hydrogen) atoms. The molecule has 1 heteroatoms. The number of rotatable bonds is 24. The van der Waals surface area contributed by atoms with Crippen LogP contribution >= 0.6 is 7.92 Å². The van der Waals surface area contributed by atoms with Crippen molar-refractivity contribution in [1.82, 2.24) is 0 Å². The Kier molecular flexibility index (Phi) is 19.8. The molecule has 0 aliphatic heterocycles. The lowest BCUT2D eigenvalue weighted by molar-refractivity contribution is 0.469. The first-order chi connectivity index (χ1) is 16.0. The van der Waals surface area contributed by atoms with E-state index in [2.05, 4.69) is 62.3 Å². The quantitative estimate of drug-likeness (QED) is 0.0920. The highest BCUT2D eigenvalue weighted by molar-refractivity contribution is 7.62. The zero-order valence-corrected chi connectivity index (χ0v) is 26.7. The third-order valence-corrected chi connectivity index (χ3v) is 12.5. The van der Waals surface area contributed by atoms with E-state index in [-0.39, 0.29) is 7.92 Å². The molecule has 0 heterocycles. The topological polar surface area (TPSA) is 0 Å². The molecular weight excluding hydrogens is 427 g/mol. The minimum atomic E-state index is -0.0732. The van der Waals surface area contributed by atoms with Crippen molar-refractivity contribution >= 4 is 7.92 Å². The lowest BCUT2D eigenvalue weighted by Gasteiger charge is -2.54. The highest BCUT2D eigenvalue weighted by Gasteiger charge is 2.47. The summed E-state index contributed by atoms with van der Waals surface area (Å²) in [5, 5.41) is 1.45. The molecule has 0 nitrogen and oxygen atoms in total. The molecule has 0 spiro atoms. The van der Waals surface area contributed by atoms with E-state index in [1.807, 2.05) is 0 Å². The fraction of sp³-hybridized carbons (Fsp3) is 1.00. The third-order valence-electron chi connectivity index (χ3n) is 8.24. The number of unbranched alkanes of at least 4 members (excludes halogenated alkanes) is 15. The van der Waals surface area contributed by atoms with Crippen molar-refractivity contribution in [3.05, 3.63) is 0 Å². The normalized spacial score (nSPS) is 13.2. The van der Waals surface area contributed by atoms with Gasteiger partial charge in [-0.25, -0.2) is 0 Å². The monoisotopic (exact) mass is 497 g/mol. The average Bonchev–Trinajstić information content (AvgIpc) is 2.74. The van der Waals surface area contributed by atoms with E-state index in [9.17, 15) is 0 Å². The van der Waals surface area contributed by atoms with Gasteiger partial charge in [-0.1, -0.05) is 186 Å². The Bertz CT molecular complexity index is 381. The zero-order chi connectivity index (χ0) is 25.9. The average molecular weight is 497 g/mol. The first-order valence-corrected chi connectivity index (χ1v) is 17.2. The van der Waals surface area contributed by atoms with Crippen LogP contribution in [0.15, 0.2) is 0 Å². The Morgan fingerprint density at radius 3 is 0.765 bits per heavy atom. The first-order valence-electron chi connectivity index (χ1n) is 15.9. The van der Waals surface area contributed by atoms with E-state index in [1.165, 1.54) is 135 Å². The fourth-order valence-electron chi connectivity index (χ4n) is 6.81. The molecule has 0 N–H and O–H groups in total. The van der Waals surface area contributed by atoms with E-state index in [0.717, 1.165) is 0 Å². The largest absolute Gasteiger partial charge is 0.0893 e. The molecule has 0 bridgehead atoms. The standard InChI is InChI=1S/C33H69P/c1-10-13-16-19-22-25-28-31(4,5)34(32(6,7)29-26-23-20-17-14-11-2)33(8,9)30-27-24-21-18-15-12-3/h10-30H2,1-9H3. The molecule has 0 fully saturated rings. The molecule has 0 aliphatic carbocycles. The summed E-state index contributed by atoms with van der Waals surface area (Å²) in [6, 6.07) is 0. The van der Waals surface area contributed by atoms with Crippen LogP contribution in [0.25, 0.3) is 0 Å². The maximum Gasteiger partial charge on any atom is -0.0141 e. The number of hydrogen-bond acceptors (Lipinski definition) is 0. The maximum absolute atomic E-state index is 2.66. The van der Waals surface area contributed by atoms with Crippen molar-refractivity contribution in [2.45, 2.75) is 213 Å². The molecule has 0 radical (unpaired) electrons. The molecule has 0 aliphatic rings. The van der Waals surface area contributed by atoms with Crippen molar-refractivity contribution in [2.24, 2.45) is 0 Å². The Balaban J connectivity index is 5.15. The number of hydrogen-bond donors (Lipinski definition) is 0.